The summed E-state index contributed by atoms with van der Waals surface area (Å²) in [5.74, 6) is -0.0879. The molecule has 2 saturated heterocycles. The average Bonchev–Trinajstić information content (AvgIpc) is 2.90. The third-order valence-electron chi connectivity index (χ3n) is 4.17. The molecule has 2 heterocycles. The second-order valence-electron chi connectivity index (χ2n) is 5.75. The Balaban J connectivity index is 1.67. The zero-order valence-corrected chi connectivity index (χ0v) is 13.2. The molecule has 2 aliphatic rings. The number of rotatable bonds is 4. The number of ether oxygens (including phenoxy) is 1. The van der Waals surface area contributed by atoms with Gasteiger partial charge < -0.3 is 9.64 Å². The molecule has 0 aromatic heterocycles. The van der Waals surface area contributed by atoms with E-state index < -0.39 is 10.1 Å². The minimum atomic E-state index is -3.79. The van der Waals surface area contributed by atoms with Gasteiger partial charge in [-0.3, -0.25) is 8.98 Å². The van der Waals surface area contributed by atoms with Gasteiger partial charge >= 0.3 is 0 Å². The van der Waals surface area contributed by atoms with Crippen LogP contribution < -0.4 is 0 Å². The number of carbonyl (C=O) groups is 1. The Bertz CT molecular complexity index is 655. The minimum Gasteiger partial charge on any atom is -0.369 e. The highest BCUT2D eigenvalue weighted by atomic mass is 32.2. The lowest BCUT2D eigenvalue weighted by Crippen LogP contribution is -2.50. The molecule has 0 aliphatic carbocycles. The van der Waals surface area contributed by atoms with Gasteiger partial charge in [0.05, 0.1) is 30.2 Å². The van der Waals surface area contributed by atoms with Crippen molar-refractivity contribution >= 4 is 16.0 Å². The third-order valence-corrected chi connectivity index (χ3v) is 5.46. The largest absolute Gasteiger partial charge is 0.369 e. The number of aryl methyl sites for hydroxylation is 1. The van der Waals surface area contributed by atoms with Gasteiger partial charge in [0.15, 0.2) is 0 Å². The van der Waals surface area contributed by atoms with Crippen molar-refractivity contribution in [2.45, 2.75) is 36.7 Å². The van der Waals surface area contributed by atoms with Gasteiger partial charge in [-0.15, -0.1) is 0 Å². The van der Waals surface area contributed by atoms with E-state index in [0.29, 0.717) is 6.61 Å². The fraction of sp³-hybridized carbons (Fsp3) is 0.533. The van der Waals surface area contributed by atoms with Crippen molar-refractivity contribution < 1.29 is 22.1 Å². The molecule has 6 nitrogen and oxygen atoms in total. The fourth-order valence-electron chi connectivity index (χ4n) is 2.99. The van der Waals surface area contributed by atoms with Crippen molar-refractivity contribution in [1.82, 2.24) is 4.90 Å². The summed E-state index contributed by atoms with van der Waals surface area (Å²) in [6.07, 6.45) is 1.56. The maximum Gasteiger partial charge on any atom is 0.297 e. The molecule has 1 aromatic rings. The molecule has 0 bridgehead atoms. The summed E-state index contributed by atoms with van der Waals surface area (Å²) in [7, 11) is -3.79. The van der Waals surface area contributed by atoms with E-state index >= 15 is 0 Å². The second kappa shape index (κ2) is 5.98. The summed E-state index contributed by atoms with van der Waals surface area (Å²) in [4.78, 5) is 13.8. The van der Waals surface area contributed by atoms with Crippen LogP contribution in [-0.2, 0) is 23.8 Å². The van der Waals surface area contributed by atoms with E-state index in [1.54, 1.807) is 17.0 Å². The van der Waals surface area contributed by atoms with E-state index in [4.69, 9.17) is 8.92 Å². The summed E-state index contributed by atoms with van der Waals surface area (Å²) in [5, 5.41) is 0. The van der Waals surface area contributed by atoms with Gasteiger partial charge in [-0.05, 0) is 31.9 Å². The van der Waals surface area contributed by atoms with Crippen molar-refractivity contribution in [3.8, 4) is 0 Å². The normalized spacial score (nSPS) is 25.3. The highest BCUT2D eigenvalue weighted by molar-refractivity contribution is 7.86. The Hall–Kier alpha value is -1.44. The summed E-state index contributed by atoms with van der Waals surface area (Å²) < 4.78 is 34.8. The predicted molar refractivity (Wildman–Crippen MR) is 78.8 cm³/mol. The number of hydrogen-bond donors (Lipinski definition) is 0. The number of benzene rings is 1. The van der Waals surface area contributed by atoms with E-state index in [-0.39, 0.29) is 36.1 Å². The minimum absolute atomic E-state index is 0.00154. The zero-order valence-electron chi connectivity index (χ0n) is 12.4. The zero-order chi connectivity index (χ0) is 15.7. The number of morpholine rings is 1. The molecule has 1 aromatic carbocycles. The van der Waals surface area contributed by atoms with Crippen LogP contribution in [0.5, 0.6) is 0 Å². The van der Waals surface area contributed by atoms with Crippen molar-refractivity contribution in [1.29, 1.82) is 0 Å². The fourth-order valence-corrected chi connectivity index (χ4v) is 3.94. The van der Waals surface area contributed by atoms with Crippen molar-refractivity contribution in [2.75, 3.05) is 19.8 Å². The number of fused-ring (bicyclic) bond motifs is 1. The second-order valence-corrected chi connectivity index (χ2v) is 7.37. The van der Waals surface area contributed by atoms with Crippen LogP contribution in [0.15, 0.2) is 29.2 Å². The van der Waals surface area contributed by atoms with Crippen LogP contribution in [0.2, 0.25) is 0 Å². The first-order valence-electron chi connectivity index (χ1n) is 7.32. The summed E-state index contributed by atoms with van der Waals surface area (Å²) >= 11 is 0. The molecule has 2 aliphatic heterocycles. The summed E-state index contributed by atoms with van der Waals surface area (Å²) in [6, 6.07) is 6.38. The van der Waals surface area contributed by atoms with Crippen LogP contribution in [0.4, 0.5) is 0 Å². The van der Waals surface area contributed by atoms with Crippen LogP contribution in [-0.4, -0.2) is 51.1 Å². The third kappa shape index (κ3) is 3.02. The van der Waals surface area contributed by atoms with E-state index in [1.807, 2.05) is 6.92 Å². The predicted octanol–water partition coefficient (Wildman–Crippen LogP) is 1.09. The van der Waals surface area contributed by atoms with Crippen LogP contribution in [0.3, 0.4) is 0 Å². The first-order chi connectivity index (χ1) is 10.5. The van der Waals surface area contributed by atoms with Gasteiger partial charge in [0.1, 0.15) is 6.61 Å². The Kier molecular flexibility index (Phi) is 4.20. The van der Waals surface area contributed by atoms with Crippen LogP contribution in [0, 0.1) is 6.92 Å². The van der Waals surface area contributed by atoms with Gasteiger partial charge in [-0.2, -0.15) is 8.42 Å². The van der Waals surface area contributed by atoms with Crippen LogP contribution in [0.25, 0.3) is 0 Å². The molecule has 2 atom stereocenters. The molecule has 0 unspecified atom stereocenters. The molecule has 0 radical (unpaired) electrons. The first-order valence-corrected chi connectivity index (χ1v) is 8.73. The molecule has 2 fully saturated rings. The number of nitrogens with zero attached hydrogens (tertiary/aromatic N) is 1. The maximum atomic E-state index is 12.2. The standard InChI is InChI=1S/C15H19NO5S/c1-11-2-6-14(7-3-11)22(18,19)21-9-13-5-4-12-8-20-10-15(17)16(12)13/h2-3,6-7,12-13H,4-5,8-10H2,1H3/t12-,13-/m0/s1. The number of amides is 1. The lowest BCUT2D eigenvalue weighted by Gasteiger charge is -2.33. The number of hydrogen-bond acceptors (Lipinski definition) is 5. The number of carbonyl (C=O) groups excluding carboxylic acids is 1. The molecule has 1 amide bonds. The van der Waals surface area contributed by atoms with Gasteiger partial charge in [0.25, 0.3) is 10.1 Å². The smallest absolute Gasteiger partial charge is 0.297 e. The topological polar surface area (TPSA) is 72.9 Å². The van der Waals surface area contributed by atoms with Gasteiger partial charge in [-0.1, -0.05) is 17.7 Å². The highest BCUT2D eigenvalue weighted by Crippen LogP contribution is 2.28. The molecular weight excluding hydrogens is 306 g/mol. The van der Waals surface area contributed by atoms with E-state index in [9.17, 15) is 13.2 Å². The quantitative estimate of drug-likeness (QED) is 0.775. The molecule has 22 heavy (non-hydrogen) atoms. The molecular formula is C15H19NO5S. The Morgan fingerprint density at radius 2 is 2.00 bits per heavy atom. The van der Waals surface area contributed by atoms with Gasteiger partial charge in [-0.25, -0.2) is 0 Å². The molecule has 3 rings (SSSR count). The van der Waals surface area contributed by atoms with E-state index in [0.717, 1.165) is 18.4 Å². The monoisotopic (exact) mass is 325 g/mol. The molecule has 120 valence electrons. The van der Waals surface area contributed by atoms with Crippen molar-refractivity contribution in [2.24, 2.45) is 0 Å². The SMILES string of the molecule is Cc1ccc(S(=O)(=O)OC[C@@H]2CC[C@H]3COCC(=O)N32)cc1. The van der Waals surface area contributed by atoms with Gasteiger partial charge in [0, 0.05) is 0 Å². The summed E-state index contributed by atoms with van der Waals surface area (Å²) in [5.41, 5.74) is 0.983. The first kappa shape index (κ1) is 15.5. The lowest BCUT2D eigenvalue weighted by molar-refractivity contribution is -0.148. The van der Waals surface area contributed by atoms with E-state index in [1.165, 1.54) is 12.1 Å². The Morgan fingerprint density at radius 3 is 2.73 bits per heavy atom. The molecule has 0 N–H and O–H groups in total. The molecule has 0 spiro atoms. The van der Waals surface area contributed by atoms with Crippen LogP contribution >= 0.6 is 0 Å². The van der Waals surface area contributed by atoms with E-state index in [2.05, 4.69) is 0 Å². The average molecular weight is 325 g/mol. The van der Waals surface area contributed by atoms with Crippen molar-refractivity contribution in [3.63, 3.8) is 0 Å². The van der Waals surface area contributed by atoms with Gasteiger partial charge in [0.2, 0.25) is 5.91 Å². The Labute approximate surface area is 130 Å². The Morgan fingerprint density at radius 1 is 1.27 bits per heavy atom. The highest BCUT2D eigenvalue weighted by Gasteiger charge is 2.40. The van der Waals surface area contributed by atoms with Crippen molar-refractivity contribution in [3.05, 3.63) is 29.8 Å². The lowest BCUT2D eigenvalue weighted by atomic mass is 10.2. The van der Waals surface area contributed by atoms with Crippen LogP contribution in [0.1, 0.15) is 18.4 Å². The maximum absolute atomic E-state index is 12.2. The summed E-state index contributed by atoms with van der Waals surface area (Å²) in [6.45, 7) is 2.48. The molecule has 0 saturated carbocycles. The molecule has 7 heteroatoms.